The van der Waals surface area contributed by atoms with Crippen LogP contribution >= 0.6 is 0 Å². The van der Waals surface area contributed by atoms with Crippen molar-refractivity contribution in [2.24, 2.45) is 0 Å². The highest BCUT2D eigenvalue weighted by Gasteiger charge is 2.07. The molecule has 0 spiro atoms. The summed E-state index contributed by atoms with van der Waals surface area (Å²) in [4.78, 5) is 11.9. The fourth-order valence-electron chi connectivity index (χ4n) is 2.36. The van der Waals surface area contributed by atoms with Crippen molar-refractivity contribution in [3.63, 3.8) is 0 Å². The Bertz CT molecular complexity index is 797. The van der Waals surface area contributed by atoms with Gasteiger partial charge in [0.1, 0.15) is 6.61 Å². The van der Waals surface area contributed by atoms with Crippen molar-refractivity contribution in [3.8, 4) is 0 Å². The lowest BCUT2D eigenvalue weighted by atomic mass is 10.1. The molecule has 3 heteroatoms. The summed E-state index contributed by atoms with van der Waals surface area (Å²) in [5, 5.41) is 5.06. The maximum atomic E-state index is 11.9. The van der Waals surface area contributed by atoms with Crippen LogP contribution in [0.3, 0.4) is 0 Å². The van der Waals surface area contributed by atoms with E-state index in [1.807, 2.05) is 61.5 Å². The summed E-state index contributed by atoms with van der Waals surface area (Å²) in [6.07, 6.45) is -0.442. The van der Waals surface area contributed by atoms with Gasteiger partial charge in [-0.15, -0.1) is 0 Å². The fourth-order valence-corrected chi connectivity index (χ4v) is 2.36. The van der Waals surface area contributed by atoms with Crippen LogP contribution in [0.1, 0.15) is 11.1 Å². The Morgan fingerprint density at radius 3 is 2.32 bits per heavy atom. The second-order valence-corrected chi connectivity index (χ2v) is 5.20. The van der Waals surface area contributed by atoms with Crippen molar-refractivity contribution >= 4 is 22.6 Å². The first-order chi connectivity index (χ1) is 10.7. The van der Waals surface area contributed by atoms with Crippen molar-refractivity contribution in [1.82, 2.24) is 0 Å². The van der Waals surface area contributed by atoms with E-state index in [0.717, 1.165) is 27.6 Å². The van der Waals surface area contributed by atoms with E-state index < -0.39 is 6.09 Å². The second-order valence-electron chi connectivity index (χ2n) is 5.20. The number of rotatable bonds is 3. The van der Waals surface area contributed by atoms with E-state index >= 15 is 0 Å². The zero-order valence-electron chi connectivity index (χ0n) is 12.4. The van der Waals surface area contributed by atoms with Gasteiger partial charge in [0.25, 0.3) is 0 Å². The highest BCUT2D eigenvalue weighted by atomic mass is 16.5. The lowest BCUT2D eigenvalue weighted by Crippen LogP contribution is -2.14. The fraction of sp³-hybridized carbons (Fsp3) is 0.105. The summed E-state index contributed by atoms with van der Waals surface area (Å²) >= 11 is 0. The third-order valence-corrected chi connectivity index (χ3v) is 3.54. The first-order valence-electron chi connectivity index (χ1n) is 7.19. The maximum Gasteiger partial charge on any atom is 0.411 e. The Morgan fingerprint density at radius 1 is 0.955 bits per heavy atom. The highest BCUT2D eigenvalue weighted by Crippen LogP contribution is 2.23. The van der Waals surface area contributed by atoms with Crippen LogP contribution in [-0.4, -0.2) is 6.09 Å². The molecule has 1 N–H and O–H groups in total. The lowest BCUT2D eigenvalue weighted by molar-refractivity contribution is 0.155. The first-order valence-corrected chi connectivity index (χ1v) is 7.19. The number of carbonyl (C=O) groups is 1. The molecule has 0 fully saturated rings. The topological polar surface area (TPSA) is 38.3 Å². The predicted molar refractivity (Wildman–Crippen MR) is 88.9 cm³/mol. The smallest absolute Gasteiger partial charge is 0.411 e. The number of ether oxygens (including phenoxy) is 1. The molecule has 1 amide bonds. The van der Waals surface area contributed by atoms with Crippen LogP contribution in [-0.2, 0) is 11.3 Å². The summed E-state index contributed by atoms with van der Waals surface area (Å²) in [7, 11) is 0. The molecule has 0 saturated carbocycles. The van der Waals surface area contributed by atoms with Crippen molar-refractivity contribution in [3.05, 3.63) is 77.9 Å². The quantitative estimate of drug-likeness (QED) is 0.745. The third-order valence-electron chi connectivity index (χ3n) is 3.54. The molecule has 3 aromatic rings. The van der Waals surface area contributed by atoms with Crippen LogP contribution in [0.5, 0.6) is 0 Å². The molecule has 0 saturated heterocycles. The Labute approximate surface area is 129 Å². The van der Waals surface area contributed by atoms with Gasteiger partial charge < -0.3 is 4.74 Å². The Hall–Kier alpha value is -2.81. The van der Waals surface area contributed by atoms with Gasteiger partial charge in [-0.1, -0.05) is 54.6 Å². The average Bonchev–Trinajstić information content (AvgIpc) is 2.55. The molecule has 0 atom stereocenters. The van der Waals surface area contributed by atoms with Gasteiger partial charge in [0.05, 0.1) is 0 Å². The van der Waals surface area contributed by atoms with Crippen LogP contribution in [0.25, 0.3) is 10.8 Å². The van der Waals surface area contributed by atoms with Crippen molar-refractivity contribution in [2.75, 3.05) is 5.32 Å². The van der Waals surface area contributed by atoms with Crippen molar-refractivity contribution in [1.29, 1.82) is 0 Å². The molecule has 3 nitrogen and oxygen atoms in total. The van der Waals surface area contributed by atoms with Gasteiger partial charge >= 0.3 is 6.09 Å². The van der Waals surface area contributed by atoms with Gasteiger partial charge in [0.15, 0.2) is 0 Å². The zero-order valence-corrected chi connectivity index (χ0v) is 12.4. The van der Waals surface area contributed by atoms with Crippen LogP contribution < -0.4 is 5.32 Å². The Morgan fingerprint density at radius 2 is 1.59 bits per heavy atom. The first kappa shape index (κ1) is 14.1. The molecule has 3 rings (SSSR count). The largest absolute Gasteiger partial charge is 0.444 e. The molecule has 0 heterocycles. The molecule has 0 bridgehead atoms. The highest BCUT2D eigenvalue weighted by molar-refractivity contribution is 5.92. The number of anilines is 1. The van der Waals surface area contributed by atoms with Crippen molar-refractivity contribution < 1.29 is 9.53 Å². The van der Waals surface area contributed by atoms with Gasteiger partial charge in [-0.05, 0) is 41.0 Å². The molecule has 0 aliphatic rings. The number of nitrogens with one attached hydrogen (secondary N) is 1. The van der Waals surface area contributed by atoms with Crippen LogP contribution in [0, 0.1) is 6.92 Å². The van der Waals surface area contributed by atoms with Gasteiger partial charge in [0.2, 0.25) is 0 Å². The monoisotopic (exact) mass is 291 g/mol. The SMILES string of the molecule is Cc1cc2ccccc2cc1NC(=O)OCc1ccccc1. The van der Waals surface area contributed by atoms with Crippen LogP contribution in [0.2, 0.25) is 0 Å². The van der Waals surface area contributed by atoms with E-state index in [-0.39, 0.29) is 6.61 Å². The van der Waals surface area contributed by atoms with Crippen LogP contribution in [0.4, 0.5) is 10.5 Å². The van der Waals surface area contributed by atoms with E-state index in [0.29, 0.717) is 0 Å². The number of amides is 1. The molecule has 0 aliphatic heterocycles. The zero-order chi connectivity index (χ0) is 15.4. The van der Waals surface area contributed by atoms with E-state index in [1.54, 1.807) is 0 Å². The Balaban J connectivity index is 1.70. The number of benzene rings is 3. The molecule has 0 unspecified atom stereocenters. The Kier molecular flexibility index (Phi) is 4.05. The van der Waals surface area contributed by atoms with Gasteiger partial charge in [0, 0.05) is 5.69 Å². The molecular weight excluding hydrogens is 274 g/mol. The molecule has 110 valence electrons. The minimum absolute atomic E-state index is 0.263. The normalized spacial score (nSPS) is 10.4. The average molecular weight is 291 g/mol. The van der Waals surface area contributed by atoms with E-state index in [9.17, 15) is 4.79 Å². The van der Waals surface area contributed by atoms with E-state index in [2.05, 4.69) is 17.4 Å². The van der Waals surface area contributed by atoms with Crippen molar-refractivity contribution in [2.45, 2.75) is 13.5 Å². The molecule has 22 heavy (non-hydrogen) atoms. The third kappa shape index (κ3) is 3.26. The van der Waals surface area contributed by atoms with Gasteiger partial charge in [-0.3, -0.25) is 5.32 Å². The second kappa shape index (κ2) is 6.31. The number of hydrogen-bond acceptors (Lipinski definition) is 2. The predicted octanol–water partition coefficient (Wildman–Crippen LogP) is 4.90. The molecule has 3 aromatic carbocycles. The molecular formula is C19H17NO2. The number of aryl methyl sites for hydroxylation is 1. The minimum Gasteiger partial charge on any atom is -0.444 e. The summed E-state index contributed by atoms with van der Waals surface area (Å²) in [5.74, 6) is 0. The summed E-state index contributed by atoms with van der Waals surface area (Å²) in [6, 6.07) is 21.7. The van der Waals surface area contributed by atoms with Gasteiger partial charge in [-0.2, -0.15) is 0 Å². The van der Waals surface area contributed by atoms with E-state index in [1.165, 1.54) is 0 Å². The summed E-state index contributed by atoms with van der Waals surface area (Å²) < 4.78 is 5.25. The number of carbonyl (C=O) groups excluding carboxylic acids is 1. The van der Waals surface area contributed by atoms with Crippen LogP contribution in [0.15, 0.2) is 66.7 Å². The minimum atomic E-state index is -0.442. The number of hydrogen-bond donors (Lipinski definition) is 1. The lowest BCUT2D eigenvalue weighted by Gasteiger charge is -2.11. The number of fused-ring (bicyclic) bond motifs is 1. The molecule has 0 aliphatic carbocycles. The van der Waals surface area contributed by atoms with E-state index in [4.69, 9.17) is 4.74 Å². The molecule has 0 radical (unpaired) electrons. The summed E-state index contributed by atoms with van der Waals surface area (Å²) in [6.45, 7) is 2.23. The molecule has 0 aromatic heterocycles. The summed E-state index contributed by atoms with van der Waals surface area (Å²) in [5.41, 5.74) is 2.75. The van der Waals surface area contributed by atoms with Gasteiger partial charge in [-0.25, -0.2) is 4.79 Å². The standard InChI is InChI=1S/C19H17NO2/c1-14-11-16-9-5-6-10-17(16)12-18(14)20-19(21)22-13-15-7-3-2-4-8-15/h2-12H,13H2,1H3,(H,20,21). The maximum absolute atomic E-state index is 11.9.